The molecule has 1 aromatic rings. The van der Waals surface area contributed by atoms with Crippen LogP contribution in [-0.4, -0.2) is 29.1 Å². The minimum absolute atomic E-state index is 0.133. The summed E-state index contributed by atoms with van der Waals surface area (Å²) in [5.74, 6) is -1.07. The van der Waals surface area contributed by atoms with Crippen molar-refractivity contribution >= 4 is 5.91 Å². The van der Waals surface area contributed by atoms with Gasteiger partial charge in [0.1, 0.15) is 5.82 Å². The van der Waals surface area contributed by atoms with E-state index >= 15 is 0 Å². The molecule has 1 spiro atoms. The van der Waals surface area contributed by atoms with Crippen LogP contribution in [0.1, 0.15) is 54.4 Å². The third-order valence-corrected chi connectivity index (χ3v) is 5.24. The first-order valence-corrected chi connectivity index (χ1v) is 8.07. The lowest BCUT2D eigenvalue weighted by atomic mass is 9.73. The largest absolute Gasteiger partial charge is 0.298 e. The van der Waals surface area contributed by atoms with Crippen LogP contribution in [0.5, 0.6) is 0 Å². The number of benzene rings is 1. The summed E-state index contributed by atoms with van der Waals surface area (Å²) in [6.07, 6.45) is 7.84. The fraction of sp³-hybridized carbons (Fsp3) is 0.588. The van der Waals surface area contributed by atoms with Crippen LogP contribution in [0.15, 0.2) is 18.2 Å². The summed E-state index contributed by atoms with van der Waals surface area (Å²) in [4.78, 5) is 13.6. The third-order valence-electron chi connectivity index (χ3n) is 5.24. The van der Waals surface area contributed by atoms with Gasteiger partial charge >= 0.3 is 0 Å². The zero-order valence-electron chi connectivity index (χ0n) is 12.8. The molecule has 0 radical (unpaired) electrons. The van der Waals surface area contributed by atoms with Crippen LogP contribution >= 0.6 is 0 Å². The van der Waals surface area contributed by atoms with Crippen LogP contribution in [0.2, 0.25) is 0 Å². The summed E-state index contributed by atoms with van der Waals surface area (Å²) in [6, 6.07) is 4.38. The zero-order chi connectivity index (χ0) is 15.6. The summed E-state index contributed by atoms with van der Waals surface area (Å²) >= 11 is 0. The van der Waals surface area contributed by atoms with E-state index in [1.54, 1.807) is 12.1 Å². The Labute approximate surface area is 130 Å². The van der Waals surface area contributed by atoms with E-state index in [9.17, 15) is 9.18 Å². The number of halogens is 1. The number of likely N-dealkylation sites (tertiary alicyclic amines) is 1. The number of nitrogens with one attached hydrogen (secondary N) is 1. The fourth-order valence-corrected chi connectivity index (χ4v) is 3.99. The molecule has 1 saturated heterocycles. The van der Waals surface area contributed by atoms with Crippen molar-refractivity contribution in [1.29, 1.82) is 0 Å². The topological polar surface area (TPSA) is 52.6 Å². The molecule has 22 heavy (non-hydrogen) atoms. The fourth-order valence-electron chi connectivity index (χ4n) is 3.99. The molecular weight excluding hydrogens is 283 g/mol. The SMILES string of the molecule is O=C(NO)c1ccc(CN2CCC3(CCCCC3)C2)c(F)c1. The molecule has 2 aliphatic rings. The Morgan fingerprint density at radius 2 is 2.05 bits per heavy atom. The van der Waals surface area contributed by atoms with E-state index in [1.165, 1.54) is 50.1 Å². The molecule has 5 heteroatoms. The lowest BCUT2D eigenvalue weighted by molar-refractivity contribution is 0.0706. The van der Waals surface area contributed by atoms with Crippen molar-refractivity contribution < 1.29 is 14.4 Å². The predicted molar refractivity (Wildman–Crippen MR) is 81.1 cm³/mol. The summed E-state index contributed by atoms with van der Waals surface area (Å²) in [5, 5.41) is 8.59. The van der Waals surface area contributed by atoms with E-state index < -0.39 is 5.91 Å². The van der Waals surface area contributed by atoms with E-state index in [-0.39, 0.29) is 11.4 Å². The maximum Gasteiger partial charge on any atom is 0.274 e. The molecule has 0 bridgehead atoms. The first kappa shape index (κ1) is 15.4. The second-order valence-electron chi connectivity index (χ2n) is 6.77. The number of hydrogen-bond acceptors (Lipinski definition) is 3. The smallest absolute Gasteiger partial charge is 0.274 e. The number of hydrogen-bond donors (Lipinski definition) is 2. The number of carbonyl (C=O) groups is 1. The Kier molecular flexibility index (Phi) is 4.45. The number of rotatable bonds is 3. The molecule has 0 aromatic heterocycles. The van der Waals surface area contributed by atoms with Gasteiger partial charge in [-0.1, -0.05) is 25.3 Å². The molecular formula is C17H23FN2O2. The standard InChI is InChI=1S/C17H23FN2O2/c18-15-10-13(16(21)19-22)4-5-14(15)11-20-9-8-17(12-20)6-2-1-3-7-17/h4-5,10,22H,1-3,6-9,11-12H2,(H,19,21). The molecule has 2 fully saturated rings. The van der Waals surface area contributed by atoms with Crippen LogP contribution in [0.25, 0.3) is 0 Å². The highest BCUT2D eigenvalue weighted by Gasteiger charge is 2.38. The normalized spacial score (nSPS) is 21.2. The molecule has 3 rings (SSSR count). The maximum atomic E-state index is 14.1. The highest BCUT2D eigenvalue weighted by molar-refractivity contribution is 5.93. The van der Waals surface area contributed by atoms with Crippen molar-refractivity contribution in [2.75, 3.05) is 13.1 Å². The molecule has 120 valence electrons. The Morgan fingerprint density at radius 3 is 2.73 bits per heavy atom. The molecule has 0 atom stereocenters. The highest BCUT2D eigenvalue weighted by Crippen LogP contribution is 2.44. The second-order valence-corrected chi connectivity index (χ2v) is 6.77. The van der Waals surface area contributed by atoms with Crippen LogP contribution in [-0.2, 0) is 6.54 Å². The maximum absolute atomic E-state index is 14.1. The van der Waals surface area contributed by atoms with E-state index in [1.807, 2.05) is 0 Å². The first-order valence-electron chi connectivity index (χ1n) is 8.07. The Balaban J connectivity index is 1.65. The summed E-state index contributed by atoms with van der Waals surface area (Å²) in [7, 11) is 0. The molecule has 1 aromatic carbocycles. The zero-order valence-corrected chi connectivity index (χ0v) is 12.8. The number of nitrogens with zero attached hydrogens (tertiary/aromatic N) is 1. The van der Waals surface area contributed by atoms with Crippen molar-refractivity contribution in [3.8, 4) is 0 Å². The Morgan fingerprint density at radius 1 is 1.27 bits per heavy atom. The van der Waals surface area contributed by atoms with E-state index in [0.29, 0.717) is 17.5 Å². The quantitative estimate of drug-likeness (QED) is 0.666. The van der Waals surface area contributed by atoms with Gasteiger partial charge in [0.25, 0.3) is 5.91 Å². The molecule has 1 saturated carbocycles. The van der Waals surface area contributed by atoms with Crippen LogP contribution in [0.4, 0.5) is 4.39 Å². The number of carbonyl (C=O) groups excluding carboxylic acids is 1. The summed E-state index contributed by atoms with van der Waals surface area (Å²) < 4.78 is 14.1. The molecule has 4 nitrogen and oxygen atoms in total. The van der Waals surface area contributed by atoms with Crippen molar-refractivity contribution in [2.24, 2.45) is 5.41 Å². The molecule has 1 aliphatic heterocycles. The number of hydroxylamine groups is 1. The molecule has 1 amide bonds. The van der Waals surface area contributed by atoms with Crippen LogP contribution in [0, 0.1) is 11.2 Å². The Hall–Kier alpha value is -1.46. The van der Waals surface area contributed by atoms with Gasteiger partial charge < -0.3 is 0 Å². The lowest BCUT2D eigenvalue weighted by Crippen LogP contribution is -2.29. The van der Waals surface area contributed by atoms with Gasteiger partial charge in [-0.2, -0.15) is 0 Å². The van der Waals surface area contributed by atoms with Crippen LogP contribution in [0.3, 0.4) is 0 Å². The first-order chi connectivity index (χ1) is 10.6. The minimum Gasteiger partial charge on any atom is -0.298 e. The van der Waals surface area contributed by atoms with Gasteiger partial charge in [0.2, 0.25) is 0 Å². The second kappa shape index (κ2) is 6.34. The monoisotopic (exact) mass is 306 g/mol. The summed E-state index contributed by atoms with van der Waals surface area (Å²) in [6.45, 7) is 2.68. The van der Waals surface area contributed by atoms with Gasteiger partial charge in [0, 0.05) is 24.2 Å². The number of amides is 1. The lowest BCUT2D eigenvalue weighted by Gasteiger charge is -2.33. The van der Waals surface area contributed by atoms with Crippen LogP contribution < -0.4 is 5.48 Å². The van der Waals surface area contributed by atoms with Gasteiger partial charge in [-0.05, 0) is 43.4 Å². The van der Waals surface area contributed by atoms with Gasteiger partial charge in [-0.3, -0.25) is 14.9 Å². The van der Waals surface area contributed by atoms with Crippen molar-refractivity contribution in [3.05, 3.63) is 35.1 Å². The average Bonchev–Trinajstić information content (AvgIpc) is 2.91. The molecule has 2 N–H and O–H groups in total. The molecule has 0 unspecified atom stereocenters. The van der Waals surface area contributed by atoms with Gasteiger partial charge in [-0.15, -0.1) is 0 Å². The van der Waals surface area contributed by atoms with Gasteiger partial charge in [0.15, 0.2) is 0 Å². The van der Waals surface area contributed by atoms with E-state index in [2.05, 4.69) is 4.90 Å². The van der Waals surface area contributed by atoms with E-state index in [4.69, 9.17) is 5.21 Å². The third kappa shape index (κ3) is 3.15. The Bertz CT molecular complexity index is 556. The minimum atomic E-state index is -0.687. The average molecular weight is 306 g/mol. The van der Waals surface area contributed by atoms with Crippen molar-refractivity contribution in [1.82, 2.24) is 10.4 Å². The predicted octanol–water partition coefficient (Wildman–Crippen LogP) is 3.10. The van der Waals surface area contributed by atoms with Gasteiger partial charge in [-0.25, -0.2) is 9.87 Å². The van der Waals surface area contributed by atoms with Gasteiger partial charge in [0.05, 0.1) is 0 Å². The molecule has 1 heterocycles. The van der Waals surface area contributed by atoms with Crippen molar-refractivity contribution in [2.45, 2.75) is 45.1 Å². The summed E-state index contributed by atoms with van der Waals surface area (Å²) in [5.41, 5.74) is 2.73. The highest BCUT2D eigenvalue weighted by atomic mass is 19.1. The molecule has 1 aliphatic carbocycles. The van der Waals surface area contributed by atoms with E-state index in [0.717, 1.165) is 13.1 Å². The van der Waals surface area contributed by atoms with Crippen molar-refractivity contribution in [3.63, 3.8) is 0 Å².